The van der Waals surface area contributed by atoms with Crippen LogP contribution in [0, 0.1) is 6.92 Å². The van der Waals surface area contributed by atoms with Gasteiger partial charge in [0, 0.05) is 38.6 Å². The molecule has 1 aromatic carbocycles. The van der Waals surface area contributed by atoms with Crippen molar-refractivity contribution in [3.05, 3.63) is 47.3 Å². The van der Waals surface area contributed by atoms with Crippen LogP contribution < -0.4 is 4.90 Å². The fraction of sp³-hybridized carbons (Fsp3) is 0.450. The van der Waals surface area contributed by atoms with Gasteiger partial charge in [0.25, 0.3) is 5.91 Å². The lowest BCUT2D eigenvalue weighted by Crippen LogP contribution is -2.36. The third-order valence-electron chi connectivity index (χ3n) is 5.50. The van der Waals surface area contributed by atoms with E-state index in [0.717, 1.165) is 31.4 Å². The van der Waals surface area contributed by atoms with Crippen LogP contribution in [0.2, 0.25) is 0 Å². The molecule has 0 bridgehead atoms. The molecule has 2 aliphatic rings. The van der Waals surface area contributed by atoms with Crippen LogP contribution in [0.5, 0.6) is 0 Å². The normalized spacial score (nSPS) is 17.9. The molecule has 27 heavy (non-hydrogen) atoms. The summed E-state index contributed by atoms with van der Waals surface area (Å²) in [6, 6.07) is 7.66. The van der Waals surface area contributed by atoms with Gasteiger partial charge in [-0.05, 0) is 50.3 Å². The quantitative estimate of drug-likeness (QED) is 0.814. The first-order valence-electron chi connectivity index (χ1n) is 9.46. The van der Waals surface area contributed by atoms with Gasteiger partial charge in [0.15, 0.2) is 0 Å². The van der Waals surface area contributed by atoms with Crippen LogP contribution in [0.4, 0.5) is 5.69 Å². The molecule has 2 aromatic rings. The molecule has 0 atom stereocenters. The van der Waals surface area contributed by atoms with Gasteiger partial charge < -0.3 is 9.47 Å². The molecule has 1 fully saturated rings. The average Bonchev–Trinajstić information content (AvgIpc) is 3.30. The molecule has 0 spiro atoms. The highest BCUT2D eigenvalue weighted by Gasteiger charge is 2.31. The van der Waals surface area contributed by atoms with Crippen LogP contribution in [0.25, 0.3) is 0 Å². The largest absolute Gasteiger partial charge is 0.345 e. The molecule has 7 heteroatoms. The Kier molecular flexibility index (Phi) is 4.60. The van der Waals surface area contributed by atoms with E-state index in [4.69, 9.17) is 0 Å². The van der Waals surface area contributed by atoms with Gasteiger partial charge in [-0.2, -0.15) is 4.31 Å². The molecule has 1 aromatic heterocycles. The Morgan fingerprint density at radius 2 is 1.78 bits per heavy atom. The minimum atomic E-state index is -3.53. The summed E-state index contributed by atoms with van der Waals surface area (Å²) in [5.74, 6) is -0.148. The number of aryl methyl sites for hydroxylation is 3. The van der Waals surface area contributed by atoms with E-state index >= 15 is 0 Å². The topological polar surface area (TPSA) is 62.6 Å². The van der Waals surface area contributed by atoms with E-state index in [1.54, 1.807) is 22.7 Å². The zero-order chi connectivity index (χ0) is 19.2. The minimum Gasteiger partial charge on any atom is -0.345 e. The first-order valence-corrected chi connectivity index (χ1v) is 10.9. The van der Waals surface area contributed by atoms with Gasteiger partial charge in [0.1, 0.15) is 10.6 Å². The molecule has 0 N–H and O–H groups in total. The number of nitrogens with zero attached hydrogens (tertiary/aromatic N) is 3. The number of carbonyl (C=O) groups is 1. The number of hydrogen-bond donors (Lipinski definition) is 0. The lowest BCUT2D eigenvalue weighted by Gasteiger charge is -2.29. The van der Waals surface area contributed by atoms with Gasteiger partial charge >= 0.3 is 0 Å². The van der Waals surface area contributed by atoms with E-state index in [9.17, 15) is 13.2 Å². The molecule has 6 nitrogen and oxygen atoms in total. The SMILES string of the molecule is Cc1ccc2c(c1)CCCN2C(=O)c1cc(S(=O)(=O)N2CCCC2)cn1C. The summed E-state index contributed by atoms with van der Waals surface area (Å²) in [5.41, 5.74) is 3.69. The average molecular weight is 388 g/mol. The lowest BCUT2D eigenvalue weighted by atomic mass is 9.99. The molecular weight excluding hydrogens is 362 g/mol. The van der Waals surface area contributed by atoms with Crippen LogP contribution in [0.1, 0.15) is 40.9 Å². The fourth-order valence-electron chi connectivity index (χ4n) is 4.04. The molecule has 0 aliphatic carbocycles. The summed E-state index contributed by atoms with van der Waals surface area (Å²) < 4.78 is 28.8. The molecule has 0 unspecified atom stereocenters. The molecule has 0 radical (unpaired) electrons. The van der Waals surface area contributed by atoms with E-state index in [0.29, 0.717) is 25.3 Å². The zero-order valence-electron chi connectivity index (χ0n) is 15.8. The Labute approximate surface area is 160 Å². The number of rotatable bonds is 3. The molecule has 4 rings (SSSR count). The Balaban J connectivity index is 1.67. The van der Waals surface area contributed by atoms with E-state index < -0.39 is 10.0 Å². The zero-order valence-corrected chi connectivity index (χ0v) is 16.6. The van der Waals surface area contributed by atoms with Crippen LogP contribution in [-0.4, -0.2) is 42.8 Å². The molecule has 3 heterocycles. The summed E-state index contributed by atoms with van der Waals surface area (Å²) >= 11 is 0. The van der Waals surface area contributed by atoms with Crippen LogP contribution in [-0.2, 0) is 23.5 Å². The van der Waals surface area contributed by atoms with Crippen molar-refractivity contribution in [2.75, 3.05) is 24.5 Å². The lowest BCUT2D eigenvalue weighted by molar-refractivity contribution is 0.0977. The second kappa shape index (κ2) is 6.80. The van der Waals surface area contributed by atoms with Crippen molar-refractivity contribution in [1.82, 2.24) is 8.87 Å². The first kappa shape index (κ1) is 18.3. The van der Waals surface area contributed by atoms with E-state index in [-0.39, 0.29) is 10.8 Å². The van der Waals surface area contributed by atoms with Gasteiger partial charge in [0.2, 0.25) is 10.0 Å². The number of hydrogen-bond acceptors (Lipinski definition) is 3. The molecule has 2 aliphatic heterocycles. The molecular formula is C20H25N3O3S. The van der Waals surface area contributed by atoms with Gasteiger partial charge in [-0.1, -0.05) is 17.7 Å². The van der Waals surface area contributed by atoms with Crippen LogP contribution >= 0.6 is 0 Å². The van der Waals surface area contributed by atoms with Gasteiger partial charge in [0.05, 0.1) is 0 Å². The third kappa shape index (κ3) is 3.19. The maximum Gasteiger partial charge on any atom is 0.274 e. The van der Waals surface area contributed by atoms with Crippen molar-refractivity contribution in [3.8, 4) is 0 Å². The van der Waals surface area contributed by atoms with Gasteiger partial charge in [-0.3, -0.25) is 4.79 Å². The minimum absolute atomic E-state index is 0.148. The number of sulfonamides is 1. The molecule has 0 saturated carbocycles. The number of anilines is 1. The molecule has 144 valence electrons. The summed E-state index contributed by atoms with van der Waals surface area (Å²) in [7, 11) is -1.80. The van der Waals surface area contributed by atoms with Crippen molar-refractivity contribution in [2.45, 2.75) is 37.5 Å². The van der Waals surface area contributed by atoms with Gasteiger partial charge in [-0.15, -0.1) is 0 Å². The monoisotopic (exact) mass is 387 g/mol. The Bertz CT molecular complexity index is 988. The first-order chi connectivity index (χ1) is 12.9. The number of aromatic nitrogens is 1. The Hall–Kier alpha value is -2.12. The standard InChI is InChI=1S/C20H25N3O3S/c1-15-7-8-18-16(12-15)6-5-11-23(18)20(24)19-13-17(14-21(19)2)27(25,26)22-9-3-4-10-22/h7-8,12-14H,3-6,9-11H2,1-2H3. The fourth-order valence-corrected chi connectivity index (χ4v) is 5.63. The predicted octanol–water partition coefficient (Wildman–Crippen LogP) is 2.71. The highest BCUT2D eigenvalue weighted by Crippen LogP contribution is 2.30. The van der Waals surface area contributed by atoms with E-state index in [2.05, 4.69) is 6.07 Å². The maximum absolute atomic E-state index is 13.2. The number of amides is 1. The summed E-state index contributed by atoms with van der Waals surface area (Å²) in [5, 5.41) is 0. The third-order valence-corrected chi connectivity index (χ3v) is 7.36. The van der Waals surface area contributed by atoms with Crippen molar-refractivity contribution in [3.63, 3.8) is 0 Å². The van der Waals surface area contributed by atoms with Crippen LogP contribution in [0.3, 0.4) is 0 Å². The highest BCUT2D eigenvalue weighted by molar-refractivity contribution is 7.89. The predicted molar refractivity (Wildman–Crippen MR) is 105 cm³/mol. The number of fused-ring (bicyclic) bond motifs is 1. The number of carbonyl (C=O) groups excluding carboxylic acids is 1. The number of benzene rings is 1. The summed E-state index contributed by atoms with van der Waals surface area (Å²) in [6.07, 6.45) is 5.21. The van der Waals surface area contributed by atoms with E-state index in [1.807, 2.05) is 19.1 Å². The second-order valence-corrected chi connectivity index (χ2v) is 9.41. The van der Waals surface area contributed by atoms with Gasteiger partial charge in [-0.25, -0.2) is 8.42 Å². The van der Waals surface area contributed by atoms with Crippen LogP contribution in [0.15, 0.2) is 35.4 Å². The Morgan fingerprint density at radius 3 is 2.52 bits per heavy atom. The second-order valence-electron chi connectivity index (χ2n) is 7.48. The molecule has 1 saturated heterocycles. The summed E-state index contributed by atoms with van der Waals surface area (Å²) in [4.78, 5) is 15.2. The molecule has 1 amide bonds. The smallest absolute Gasteiger partial charge is 0.274 e. The van der Waals surface area contributed by atoms with Crippen molar-refractivity contribution < 1.29 is 13.2 Å². The summed E-state index contributed by atoms with van der Waals surface area (Å²) in [6.45, 7) is 3.81. The van der Waals surface area contributed by atoms with E-state index in [1.165, 1.54) is 21.5 Å². The highest BCUT2D eigenvalue weighted by atomic mass is 32.2. The Morgan fingerprint density at radius 1 is 1.04 bits per heavy atom. The van der Waals surface area contributed by atoms with Crippen molar-refractivity contribution in [1.29, 1.82) is 0 Å². The van der Waals surface area contributed by atoms with Crippen molar-refractivity contribution >= 4 is 21.6 Å². The van der Waals surface area contributed by atoms with Crippen molar-refractivity contribution in [2.24, 2.45) is 7.05 Å². The maximum atomic E-state index is 13.2.